The van der Waals surface area contributed by atoms with Crippen LogP contribution in [0.25, 0.3) is 10.8 Å². The Morgan fingerprint density at radius 2 is 1.22 bits per heavy atom. The fourth-order valence-corrected chi connectivity index (χ4v) is 7.73. The van der Waals surface area contributed by atoms with E-state index in [9.17, 15) is 42.3 Å². The molecule has 0 aliphatic rings. The van der Waals surface area contributed by atoms with Crippen molar-refractivity contribution in [1.82, 2.24) is 31.3 Å². The first-order chi connectivity index (χ1) is 29.3. The minimum Gasteiger partial charge on any atom is -0.467 e. The Morgan fingerprint density at radius 3 is 1.75 bits per heavy atom. The molecule has 0 aliphatic heterocycles. The number of fused-ring (bicyclic) bond motifs is 1. The Morgan fingerprint density at radius 1 is 0.698 bits per heavy atom. The van der Waals surface area contributed by atoms with Gasteiger partial charge in [-0.1, -0.05) is 56.9 Å². The first kappa shape index (κ1) is 53.9. The number of aliphatic hydroxyl groups excluding tert-OH is 1. The van der Waals surface area contributed by atoms with E-state index in [1.807, 2.05) is 32.0 Å². The van der Waals surface area contributed by atoms with Crippen molar-refractivity contribution in [3.63, 3.8) is 0 Å². The molecule has 0 heterocycles. The summed E-state index contributed by atoms with van der Waals surface area (Å²) in [5.74, 6) is -3.72. The lowest BCUT2D eigenvalue weighted by molar-refractivity contribution is -0.146. The highest BCUT2D eigenvalue weighted by atomic mass is 32.2. The molecule has 19 nitrogen and oxygen atoms in total. The molecule has 0 spiro atoms. The summed E-state index contributed by atoms with van der Waals surface area (Å²) in [5, 5.41) is 24.3. The maximum absolute atomic E-state index is 14.2. The van der Waals surface area contributed by atoms with Crippen molar-refractivity contribution in [2.24, 2.45) is 0 Å². The van der Waals surface area contributed by atoms with Crippen molar-refractivity contribution in [3.05, 3.63) is 36.4 Å². The maximum atomic E-state index is 14.2. The number of nitrogens with one attached hydrogen (secondary N) is 6. The molecule has 7 N–H and O–H groups in total. The van der Waals surface area contributed by atoms with Crippen LogP contribution in [-0.4, -0.2) is 125 Å². The number of carbonyl (C=O) groups excluding carboxylic acids is 6. The van der Waals surface area contributed by atoms with Crippen molar-refractivity contribution in [2.75, 3.05) is 39.2 Å². The number of carbonyl (C=O) groups is 6. The van der Waals surface area contributed by atoms with E-state index in [-0.39, 0.29) is 37.2 Å². The number of methoxy groups -OCH3 is 1. The normalized spacial score (nSPS) is 14.2. The number of nitrogens with zero attached hydrogens (tertiary/aromatic N) is 1. The van der Waals surface area contributed by atoms with Crippen LogP contribution in [-0.2, 0) is 43.4 Å². The predicted molar refractivity (Wildman–Crippen MR) is 238 cm³/mol. The molecule has 20 heteroatoms. The number of unbranched alkanes of at least 4 members (excludes halogenated alkanes) is 3. The molecule has 0 saturated heterocycles. The van der Waals surface area contributed by atoms with Gasteiger partial charge in [-0.05, 0) is 79.9 Å². The number of amides is 5. The Hall–Kier alpha value is -5.21. The van der Waals surface area contributed by atoms with E-state index in [0.29, 0.717) is 23.6 Å². The molecule has 0 bridgehead atoms. The Bertz CT molecular complexity index is 1980. The zero-order valence-electron chi connectivity index (χ0n) is 38.5. The smallest absolute Gasteiger partial charge is 0.407 e. The second-order valence-corrected chi connectivity index (χ2v) is 19.0. The second kappa shape index (κ2) is 24.6. The zero-order valence-corrected chi connectivity index (χ0v) is 39.3. The van der Waals surface area contributed by atoms with Gasteiger partial charge in [-0.15, -0.1) is 0 Å². The summed E-state index contributed by atoms with van der Waals surface area (Å²) < 4.78 is 46.2. The zero-order chi connectivity index (χ0) is 47.7. The third-order valence-electron chi connectivity index (χ3n) is 9.29. The van der Waals surface area contributed by atoms with E-state index >= 15 is 0 Å². The lowest BCUT2D eigenvalue weighted by atomic mass is 10.1. The highest BCUT2D eigenvalue weighted by Crippen LogP contribution is 2.30. The molecule has 0 aliphatic carbocycles. The summed E-state index contributed by atoms with van der Waals surface area (Å²) in [6.07, 6.45) is -0.598. The van der Waals surface area contributed by atoms with E-state index in [4.69, 9.17) is 14.2 Å². The number of hydrogen-bond donors (Lipinski definition) is 7. The van der Waals surface area contributed by atoms with Gasteiger partial charge in [-0.3, -0.25) is 14.4 Å². The van der Waals surface area contributed by atoms with Crippen molar-refractivity contribution < 1.29 is 56.5 Å². The van der Waals surface area contributed by atoms with Crippen LogP contribution in [0.1, 0.15) is 100 Å². The lowest BCUT2D eigenvalue weighted by Gasteiger charge is -2.28. The summed E-state index contributed by atoms with van der Waals surface area (Å²) in [7, 11) is 0.411. The molecule has 63 heavy (non-hydrogen) atoms. The average Bonchev–Trinajstić information content (AvgIpc) is 3.17. The van der Waals surface area contributed by atoms with Crippen LogP contribution in [0.4, 0.5) is 15.3 Å². The molecule has 0 unspecified atom stereocenters. The summed E-state index contributed by atoms with van der Waals surface area (Å²) >= 11 is 0. The quantitative estimate of drug-likeness (QED) is 0.0480. The van der Waals surface area contributed by atoms with Gasteiger partial charge in [0, 0.05) is 43.6 Å². The molecule has 354 valence electrons. The number of esters is 1. The van der Waals surface area contributed by atoms with Gasteiger partial charge in [0.05, 0.1) is 18.1 Å². The number of ether oxygens (including phenoxy) is 3. The topological polar surface area (TPSA) is 260 Å². The fraction of sp³-hybridized carbons (Fsp3) is 0.628. The van der Waals surface area contributed by atoms with Gasteiger partial charge in [0.15, 0.2) is 0 Å². The number of hydrogen-bond acceptors (Lipinski definition) is 13. The van der Waals surface area contributed by atoms with Crippen LogP contribution in [0.15, 0.2) is 41.3 Å². The number of aliphatic hydroxyl groups is 1. The van der Waals surface area contributed by atoms with E-state index in [0.717, 1.165) is 25.6 Å². The van der Waals surface area contributed by atoms with Crippen molar-refractivity contribution in [1.29, 1.82) is 0 Å². The first-order valence-electron chi connectivity index (χ1n) is 21.1. The van der Waals surface area contributed by atoms with Crippen LogP contribution >= 0.6 is 0 Å². The molecule has 0 radical (unpaired) electrons. The molecule has 5 amide bonds. The van der Waals surface area contributed by atoms with E-state index in [2.05, 4.69) is 31.3 Å². The van der Waals surface area contributed by atoms with Crippen LogP contribution in [0.3, 0.4) is 0 Å². The Labute approximate surface area is 371 Å². The van der Waals surface area contributed by atoms with Crippen LogP contribution < -0.4 is 36.2 Å². The minimum absolute atomic E-state index is 0.0532. The van der Waals surface area contributed by atoms with Gasteiger partial charge in [0.25, 0.3) is 0 Å². The Balaban J connectivity index is 2.44. The largest absolute Gasteiger partial charge is 0.467 e. The van der Waals surface area contributed by atoms with Crippen LogP contribution in [0.5, 0.6) is 0 Å². The third-order valence-corrected chi connectivity index (χ3v) is 10.8. The highest BCUT2D eigenvalue weighted by molar-refractivity contribution is 7.89. The van der Waals surface area contributed by atoms with Crippen molar-refractivity contribution >= 4 is 62.4 Å². The third kappa shape index (κ3) is 18.6. The van der Waals surface area contributed by atoms with Gasteiger partial charge in [0.1, 0.15) is 35.4 Å². The lowest BCUT2D eigenvalue weighted by Crippen LogP contribution is -2.60. The summed E-state index contributed by atoms with van der Waals surface area (Å²) in [6.45, 7) is 12.9. The molecule has 2 aromatic carbocycles. The second-order valence-electron chi connectivity index (χ2n) is 17.4. The number of sulfonamides is 1. The van der Waals surface area contributed by atoms with E-state index < -0.39 is 87.4 Å². The summed E-state index contributed by atoms with van der Waals surface area (Å²) in [4.78, 5) is 81.0. The van der Waals surface area contributed by atoms with E-state index in [1.54, 1.807) is 65.8 Å². The number of rotatable bonds is 23. The molecule has 5 atom stereocenters. The number of anilines is 1. The minimum atomic E-state index is -4.36. The Kier molecular flexibility index (Phi) is 21.0. The molecular formula is C43H69N7O12S. The molecular weight excluding hydrogens is 839 g/mol. The summed E-state index contributed by atoms with van der Waals surface area (Å²) in [5.41, 5.74) is -0.849. The molecule has 0 saturated carbocycles. The average molecular weight is 908 g/mol. The van der Waals surface area contributed by atoms with Gasteiger partial charge < -0.3 is 50.8 Å². The molecule has 0 aromatic heterocycles. The van der Waals surface area contributed by atoms with Crippen molar-refractivity contribution in [3.8, 4) is 0 Å². The first-order valence-corrected chi connectivity index (χ1v) is 22.6. The number of benzene rings is 2. The fourth-order valence-electron chi connectivity index (χ4n) is 6.28. The van der Waals surface area contributed by atoms with Gasteiger partial charge in [-0.25, -0.2) is 22.8 Å². The SMILES string of the molecule is CCCCCC[C@H](NS(=O)(=O)c1cccc2c(N(C)C)cccc12)C(=O)N[C@@H](CCNC(=O)OC(C)(C)C)C(=O)N[C@H](C(=O)N[C@@H](CCNC(=O)OC(C)(C)C)C(=O)OC)[C@@H](C)O. The van der Waals surface area contributed by atoms with Gasteiger partial charge >= 0.3 is 18.2 Å². The molecule has 2 aromatic rings. The monoisotopic (exact) mass is 907 g/mol. The van der Waals surface area contributed by atoms with Crippen LogP contribution in [0.2, 0.25) is 0 Å². The van der Waals surface area contributed by atoms with Gasteiger partial charge in [0.2, 0.25) is 27.7 Å². The van der Waals surface area contributed by atoms with Crippen LogP contribution in [0, 0.1) is 0 Å². The number of alkyl carbamates (subject to hydrolysis) is 2. The maximum Gasteiger partial charge on any atom is 0.407 e. The molecule has 0 fully saturated rings. The predicted octanol–water partition coefficient (Wildman–Crippen LogP) is 3.36. The summed E-state index contributed by atoms with van der Waals surface area (Å²) in [6, 6.07) is 4.24. The molecule has 2 rings (SSSR count). The van der Waals surface area contributed by atoms with Crippen molar-refractivity contribution in [2.45, 2.75) is 147 Å². The highest BCUT2D eigenvalue weighted by Gasteiger charge is 2.35. The van der Waals surface area contributed by atoms with Gasteiger partial charge in [-0.2, -0.15) is 4.72 Å². The standard InChI is InChI=1S/C43H69N7O12S/c1-12-13-14-15-20-31(49-63(58,59)34-22-17-18-28-29(34)19-16-21-33(28)50(9)10)37(53)46-30(23-25-44-40(56)61-42(3,4)5)36(52)48-35(27(2)51)38(54)47-32(39(55)60-11)24-26-45-41(57)62-43(6,7)8/h16-19,21-22,27,30-32,35,49,51H,12-15,20,23-26H2,1-11H3,(H,44,56)(H,45,57)(H,46,53)(H,47,54)(H,48,52)/t27-,30+,31+,32+,35+/m1/s1. The van der Waals surface area contributed by atoms with E-state index in [1.165, 1.54) is 13.0 Å².